The minimum Gasteiger partial charge on any atom is -0.454 e. The Balaban J connectivity index is 1.51. The number of rotatable bonds is 6. The Bertz CT molecular complexity index is 756. The summed E-state index contributed by atoms with van der Waals surface area (Å²) in [5.74, 6) is 1.64. The summed E-state index contributed by atoms with van der Waals surface area (Å²) in [5, 5.41) is 10.8. The first-order valence-electron chi connectivity index (χ1n) is 8.05. The van der Waals surface area contributed by atoms with Crippen molar-refractivity contribution in [3.05, 3.63) is 63.7 Å². The Hall–Kier alpha value is -2.60. The molecule has 1 heterocycles. The summed E-state index contributed by atoms with van der Waals surface area (Å²) < 4.78 is 11.0. The summed E-state index contributed by atoms with van der Waals surface area (Å²) in [6, 6.07) is 13.3. The van der Waals surface area contributed by atoms with E-state index in [1.165, 1.54) is 12.8 Å². The molecule has 1 aliphatic heterocycles. The van der Waals surface area contributed by atoms with Gasteiger partial charge >= 0.3 is 0 Å². The van der Waals surface area contributed by atoms with Crippen LogP contribution in [0.4, 0.5) is 5.69 Å². The molecule has 6 heteroatoms. The Morgan fingerprint density at radius 1 is 1.08 bits per heavy atom. The van der Waals surface area contributed by atoms with Crippen LogP contribution in [-0.4, -0.2) is 22.7 Å². The average molecular weight is 326 g/mol. The molecule has 0 saturated heterocycles. The Morgan fingerprint density at radius 3 is 2.58 bits per heavy atom. The van der Waals surface area contributed by atoms with Crippen molar-refractivity contribution in [1.82, 2.24) is 4.90 Å². The van der Waals surface area contributed by atoms with Crippen molar-refractivity contribution in [2.24, 2.45) is 0 Å². The van der Waals surface area contributed by atoms with E-state index in [4.69, 9.17) is 9.47 Å². The summed E-state index contributed by atoms with van der Waals surface area (Å²) in [6.07, 6.45) is 2.39. The fraction of sp³-hybridized carbons (Fsp3) is 0.333. The SMILES string of the molecule is O=[N+]([O-])c1ccc(CN(Cc2cccc3c2OCO3)C2CC2)cc1. The molecular weight excluding hydrogens is 308 g/mol. The first-order valence-corrected chi connectivity index (χ1v) is 8.05. The van der Waals surface area contributed by atoms with Crippen LogP contribution in [0, 0.1) is 10.1 Å². The smallest absolute Gasteiger partial charge is 0.269 e. The zero-order valence-electron chi connectivity index (χ0n) is 13.2. The summed E-state index contributed by atoms with van der Waals surface area (Å²) in [4.78, 5) is 12.8. The van der Waals surface area contributed by atoms with Crippen LogP contribution in [0.2, 0.25) is 0 Å². The average Bonchev–Trinajstić information content (AvgIpc) is 3.32. The third-order valence-electron chi connectivity index (χ3n) is 4.45. The van der Waals surface area contributed by atoms with E-state index in [1.807, 2.05) is 24.3 Å². The van der Waals surface area contributed by atoms with Gasteiger partial charge in [0, 0.05) is 36.8 Å². The lowest BCUT2D eigenvalue weighted by atomic mass is 10.1. The molecule has 124 valence electrons. The number of para-hydroxylation sites is 1. The van der Waals surface area contributed by atoms with E-state index in [2.05, 4.69) is 11.0 Å². The predicted octanol–water partition coefficient (Wildman–Crippen LogP) is 3.49. The van der Waals surface area contributed by atoms with Crippen molar-refractivity contribution in [3.8, 4) is 11.5 Å². The van der Waals surface area contributed by atoms with Crippen molar-refractivity contribution in [2.45, 2.75) is 32.0 Å². The number of nitrogens with zero attached hydrogens (tertiary/aromatic N) is 2. The van der Waals surface area contributed by atoms with Crippen LogP contribution in [-0.2, 0) is 13.1 Å². The number of nitro benzene ring substituents is 1. The normalized spacial score (nSPS) is 15.7. The molecule has 1 fully saturated rings. The van der Waals surface area contributed by atoms with Crippen molar-refractivity contribution in [2.75, 3.05) is 6.79 Å². The van der Waals surface area contributed by atoms with E-state index in [0.717, 1.165) is 35.7 Å². The summed E-state index contributed by atoms with van der Waals surface area (Å²) in [5.41, 5.74) is 2.33. The topological polar surface area (TPSA) is 64.8 Å². The highest BCUT2D eigenvalue weighted by Gasteiger charge is 2.30. The molecule has 0 atom stereocenters. The Morgan fingerprint density at radius 2 is 1.88 bits per heavy atom. The van der Waals surface area contributed by atoms with Crippen molar-refractivity contribution in [1.29, 1.82) is 0 Å². The van der Waals surface area contributed by atoms with Gasteiger partial charge in [-0.15, -0.1) is 0 Å². The standard InChI is InChI=1S/C18H18N2O4/c21-20(22)16-6-4-13(5-7-16)10-19(15-8-9-15)11-14-2-1-3-17-18(14)24-12-23-17/h1-7,15H,8-12H2. The molecule has 1 aliphatic carbocycles. The Kier molecular flexibility index (Phi) is 3.82. The quantitative estimate of drug-likeness (QED) is 0.600. The van der Waals surface area contributed by atoms with Crippen LogP contribution in [0.5, 0.6) is 11.5 Å². The molecule has 0 N–H and O–H groups in total. The van der Waals surface area contributed by atoms with Crippen LogP contribution < -0.4 is 9.47 Å². The minimum absolute atomic E-state index is 0.128. The lowest BCUT2D eigenvalue weighted by molar-refractivity contribution is -0.384. The van der Waals surface area contributed by atoms with Crippen LogP contribution >= 0.6 is 0 Å². The molecule has 0 bridgehead atoms. The van der Waals surface area contributed by atoms with Crippen LogP contribution in [0.1, 0.15) is 24.0 Å². The fourth-order valence-corrected chi connectivity index (χ4v) is 3.05. The van der Waals surface area contributed by atoms with Gasteiger partial charge in [-0.1, -0.05) is 24.3 Å². The largest absolute Gasteiger partial charge is 0.454 e. The maximum atomic E-state index is 10.8. The Labute approximate surface area is 139 Å². The zero-order chi connectivity index (χ0) is 16.5. The van der Waals surface area contributed by atoms with Gasteiger partial charge in [0.15, 0.2) is 11.5 Å². The molecule has 4 rings (SSSR count). The summed E-state index contributed by atoms with van der Waals surface area (Å²) >= 11 is 0. The van der Waals surface area contributed by atoms with Crippen molar-refractivity contribution >= 4 is 5.69 Å². The van der Waals surface area contributed by atoms with Gasteiger partial charge in [-0.25, -0.2) is 0 Å². The van der Waals surface area contributed by atoms with E-state index in [-0.39, 0.29) is 17.4 Å². The lowest BCUT2D eigenvalue weighted by Crippen LogP contribution is -2.25. The van der Waals surface area contributed by atoms with E-state index < -0.39 is 0 Å². The maximum Gasteiger partial charge on any atom is 0.269 e. The van der Waals surface area contributed by atoms with Crippen molar-refractivity contribution in [3.63, 3.8) is 0 Å². The van der Waals surface area contributed by atoms with E-state index in [1.54, 1.807) is 12.1 Å². The van der Waals surface area contributed by atoms with Gasteiger partial charge in [0.05, 0.1) is 4.92 Å². The molecule has 0 aromatic heterocycles. The first-order chi connectivity index (χ1) is 11.7. The number of ether oxygens (including phenoxy) is 2. The molecule has 0 amide bonds. The summed E-state index contributed by atoms with van der Waals surface area (Å²) in [6.45, 7) is 1.83. The van der Waals surface area contributed by atoms with Crippen LogP contribution in [0.3, 0.4) is 0 Å². The van der Waals surface area contributed by atoms with Gasteiger partial charge in [0.1, 0.15) is 0 Å². The number of hydrogen-bond donors (Lipinski definition) is 0. The molecule has 24 heavy (non-hydrogen) atoms. The minimum atomic E-state index is -0.368. The highest BCUT2D eigenvalue weighted by atomic mass is 16.7. The molecular formula is C18H18N2O4. The van der Waals surface area contributed by atoms with Crippen molar-refractivity contribution < 1.29 is 14.4 Å². The van der Waals surface area contributed by atoms with Gasteiger partial charge in [-0.3, -0.25) is 15.0 Å². The van der Waals surface area contributed by atoms with Gasteiger partial charge in [-0.2, -0.15) is 0 Å². The second-order valence-electron chi connectivity index (χ2n) is 6.21. The number of nitro groups is 1. The van der Waals surface area contributed by atoms with E-state index in [9.17, 15) is 10.1 Å². The summed E-state index contributed by atoms with van der Waals surface area (Å²) in [7, 11) is 0. The molecule has 0 radical (unpaired) electrons. The van der Waals surface area contributed by atoms with Gasteiger partial charge in [-0.05, 0) is 24.5 Å². The van der Waals surface area contributed by atoms with Gasteiger partial charge in [0.2, 0.25) is 6.79 Å². The number of non-ortho nitro benzene ring substituents is 1. The highest BCUT2D eigenvalue weighted by molar-refractivity contribution is 5.48. The molecule has 0 spiro atoms. The monoisotopic (exact) mass is 326 g/mol. The number of benzene rings is 2. The highest BCUT2D eigenvalue weighted by Crippen LogP contribution is 2.38. The van der Waals surface area contributed by atoms with Crippen LogP contribution in [0.15, 0.2) is 42.5 Å². The number of hydrogen-bond acceptors (Lipinski definition) is 5. The first kappa shape index (κ1) is 15.0. The van der Waals surface area contributed by atoms with Crippen LogP contribution in [0.25, 0.3) is 0 Å². The predicted molar refractivity (Wildman–Crippen MR) is 87.9 cm³/mol. The fourth-order valence-electron chi connectivity index (χ4n) is 3.05. The second kappa shape index (κ2) is 6.13. The third kappa shape index (κ3) is 3.05. The molecule has 2 aromatic carbocycles. The molecule has 6 nitrogen and oxygen atoms in total. The lowest BCUT2D eigenvalue weighted by Gasteiger charge is -2.22. The third-order valence-corrected chi connectivity index (χ3v) is 4.45. The molecule has 0 unspecified atom stereocenters. The van der Waals surface area contributed by atoms with E-state index >= 15 is 0 Å². The molecule has 2 aromatic rings. The molecule has 1 saturated carbocycles. The van der Waals surface area contributed by atoms with Gasteiger partial charge < -0.3 is 9.47 Å². The maximum absolute atomic E-state index is 10.8. The number of fused-ring (bicyclic) bond motifs is 1. The van der Waals surface area contributed by atoms with Gasteiger partial charge in [0.25, 0.3) is 5.69 Å². The second-order valence-corrected chi connectivity index (χ2v) is 6.21. The zero-order valence-corrected chi connectivity index (χ0v) is 13.2. The molecule has 2 aliphatic rings. The van der Waals surface area contributed by atoms with E-state index in [0.29, 0.717) is 6.04 Å².